The van der Waals surface area contributed by atoms with Gasteiger partial charge in [0.15, 0.2) is 0 Å². The summed E-state index contributed by atoms with van der Waals surface area (Å²) in [6.07, 6.45) is 15.3. The van der Waals surface area contributed by atoms with E-state index in [0.717, 1.165) is 57.9 Å². The molecule has 5 aliphatic carbocycles. The molecule has 5 aliphatic rings. The van der Waals surface area contributed by atoms with Crippen LogP contribution in [-0.4, -0.2) is 27.4 Å². The molecule has 0 saturated heterocycles. The molecule has 5 nitrogen and oxygen atoms in total. The minimum Gasteiger partial charge on any atom is -0.481 e. The third-order valence-electron chi connectivity index (χ3n) is 13.8. The normalized spacial score (nSPS) is 42.6. The zero-order chi connectivity index (χ0) is 28.2. The smallest absolute Gasteiger partial charge is 0.310 e. The van der Waals surface area contributed by atoms with Crippen molar-refractivity contribution >= 4 is 18.4 Å². The molecule has 3 fully saturated rings. The fourth-order valence-electron chi connectivity index (χ4n) is 11.5. The first-order valence-electron chi connectivity index (χ1n) is 15.9. The number of carboxylic acid groups (broad SMARTS) is 1. The summed E-state index contributed by atoms with van der Waals surface area (Å²) in [6.45, 7) is 19.0. The van der Waals surface area contributed by atoms with E-state index < -0.39 is 11.4 Å². The van der Waals surface area contributed by atoms with Gasteiger partial charge >= 0.3 is 5.97 Å². The fraction of sp³-hybridized carbons (Fsp3) is 0.824. The van der Waals surface area contributed by atoms with Gasteiger partial charge in [0.25, 0.3) is 0 Å². The van der Waals surface area contributed by atoms with Crippen molar-refractivity contribution in [2.24, 2.45) is 50.6 Å². The molecule has 40 heavy (non-hydrogen) atoms. The van der Waals surface area contributed by atoms with Gasteiger partial charge in [-0.2, -0.15) is 5.10 Å². The molecule has 0 spiro atoms. The van der Waals surface area contributed by atoms with E-state index in [4.69, 9.17) is 10.8 Å². The third kappa shape index (κ3) is 3.81. The van der Waals surface area contributed by atoms with Crippen molar-refractivity contribution in [3.05, 3.63) is 29.1 Å². The lowest BCUT2D eigenvalue weighted by atomic mass is 9.33. The lowest BCUT2D eigenvalue weighted by Gasteiger charge is -2.70. The molecule has 224 valence electrons. The second-order valence-electron chi connectivity index (χ2n) is 16.5. The van der Waals surface area contributed by atoms with E-state index in [0.29, 0.717) is 18.4 Å². The standard InChI is InChI=1S/C34H53N3O2.ClH/c1-29(2)13-15-34(28(38)39)16-14-32(6)23(24(34)20-29)9-10-26-31(5)19-22-21-37(18-8-17-35)36-27(22)30(3,4)25(31)11-12-33(26,32)7;/h9,21,24-26H,8,10-20,35H2,1-7H3,(H,38,39);1H/t24-,25-,26+,31-,32+,33+,34-;/m0./s1. The van der Waals surface area contributed by atoms with Crippen molar-refractivity contribution in [2.75, 3.05) is 6.54 Å². The zero-order valence-electron chi connectivity index (χ0n) is 26.1. The quantitative estimate of drug-likeness (QED) is 0.365. The van der Waals surface area contributed by atoms with Gasteiger partial charge < -0.3 is 10.8 Å². The molecular formula is C34H54ClN3O2. The van der Waals surface area contributed by atoms with Crippen molar-refractivity contribution in [3.8, 4) is 0 Å². The first-order chi connectivity index (χ1) is 18.1. The maximum atomic E-state index is 12.9. The molecule has 3 saturated carbocycles. The Bertz CT molecular complexity index is 1220. The Morgan fingerprint density at radius 3 is 2.42 bits per heavy atom. The van der Waals surface area contributed by atoms with Crippen LogP contribution < -0.4 is 5.73 Å². The van der Waals surface area contributed by atoms with Crippen LogP contribution >= 0.6 is 12.4 Å². The Morgan fingerprint density at radius 1 is 1.05 bits per heavy atom. The van der Waals surface area contributed by atoms with Crippen LogP contribution in [0.3, 0.4) is 0 Å². The molecule has 0 aliphatic heterocycles. The highest BCUT2D eigenvalue weighted by Gasteiger charge is 2.69. The number of allylic oxidation sites excluding steroid dienone is 2. The minimum atomic E-state index is -0.564. The molecule has 0 amide bonds. The van der Waals surface area contributed by atoms with Crippen LogP contribution in [-0.2, 0) is 23.2 Å². The van der Waals surface area contributed by atoms with E-state index in [-0.39, 0.29) is 45.4 Å². The predicted molar refractivity (Wildman–Crippen MR) is 164 cm³/mol. The molecule has 0 aromatic carbocycles. The van der Waals surface area contributed by atoms with Crippen molar-refractivity contribution in [1.29, 1.82) is 0 Å². The van der Waals surface area contributed by atoms with Crippen LogP contribution in [0, 0.1) is 44.8 Å². The Morgan fingerprint density at radius 2 is 1.75 bits per heavy atom. The van der Waals surface area contributed by atoms with E-state index in [9.17, 15) is 9.90 Å². The first kappa shape index (κ1) is 30.1. The molecular weight excluding hydrogens is 518 g/mol. The maximum absolute atomic E-state index is 12.9. The number of fused-ring (bicyclic) bond motifs is 8. The van der Waals surface area contributed by atoms with Crippen molar-refractivity contribution in [3.63, 3.8) is 0 Å². The molecule has 1 aromatic heterocycles. The van der Waals surface area contributed by atoms with Crippen LogP contribution in [0.2, 0.25) is 0 Å². The molecule has 3 N–H and O–H groups in total. The number of aromatic nitrogens is 2. The second-order valence-corrected chi connectivity index (χ2v) is 16.5. The number of hydrogen-bond donors (Lipinski definition) is 2. The topological polar surface area (TPSA) is 81.1 Å². The lowest BCUT2D eigenvalue weighted by Crippen LogP contribution is -2.64. The van der Waals surface area contributed by atoms with Gasteiger partial charge in [-0.1, -0.05) is 60.1 Å². The minimum absolute atomic E-state index is 0. The molecule has 6 heteroatoms. The summed E-state index contributed by atoms with van der Waals surface area (Å²) in [5.74, 6) is 0.826. The van der Waals surface area contributed by atoms with Gasteiger partial charge in [0, 0.05) is 18.2 Å². The third-order valence-corrected chi connectivity index (χ3v) is 13.8. The van der Waals surface area contributed by atoms with Crippen molar-refractivity contribution in [2.45, 2.75) is 125 Å². The number of aryl methyl sites for hydroxylation is 1. The molecule has 6 rings (SSSR count). The van der Waals surface area contributed by atoms with Crippen LogP contribution in [0.25, 0.3) is 0 Å². The average molecular weight is 572 g/mol. The Hall–Kier alpha value is -1.33. The number of hydrogen-bond acceptors (Lipinski definition) is 3. The number of nitrogens with two attached hydrogens (primary N) is 1. The molecule has 1 aromatic rings. The highest BCUT2D eigenvalue weighted by atomic mass is 35.5. The highest BCUT2D eigenvalue weighted by molar-refractivity contribution is 5.85. The monoisotopic (exact) mass is 571 g/mol. The van der Waals surface area contributed by atoms with Crippen LogP contribution in [0.4, 0.5) is 0 Å². The molecule has 0 bridgehead atoms. The number of carboxylic acids is 1. The molecule has 7 atom stereocenters. The summed E-state index contributed by atoms with van der Waals surface area (Å²) >= 11 is 0. The highest BCUT2D eigenvalue weighted by Crippen LogP contribution is 2.75. The summed E-state index contributed by atoms with van der Waals surface area (Å²) in [5, 5.41) is 15.8. The van der Waals surface area contributed by atoms with Gasteiger partial charge in [0.05, 0.1) is 11.1 Å². The van der Waals surface area contributed by atoms with Gasteiger partial charge in [0.1, 0.15) is 0 Å². The van der Waals surface area contributed by atoms with Crippen molar-refractivity contribution in [1.82, 2.24) is 9.78 Å². The van der Waals surface area contributed by atoms with E-state index in [2.05, 4.69) is 65.4 Å². The Kier molecular flexibility index (Phi) is 7.03. The van der Waals surface area contributed by atoms with Gasteiger partial charge in [-0.3, -0.25) is 9.48 Å². The first-order valence-corrected chi connectivity index (χ1v) is 15.9. The van der Waals surface area contributed by atoms with Crippen LogP contribution in [0.1, 0.15) is 118 Å². The summed E-state index contributed by atoms with van der Waals surface area (Å²) < 4.78 is 2.16. The van der Waals surface area contributed by atoms with E-state index in [1.165, 1.54) is 29.7 Å². The average Bonchev–Trinajstić information content (AvgIpc) is 3.25. The number of carbonyl (C=O) groups is 1. The summed E-state index contributed by atoms with van der Waals surface area (Å²) in [7, 11) is 0. The second kappa shape index (κ2) is 9.33. The number of halogens is 1. The Balaban J connectivity index is 0.00000323. The lowest BCUT2D eigenvalue weighted by molar-refractivity contribution is -0.177. The Labute approximate surface area is 248 Å². The summed E-state index contributed by atoms with van der Waals surface area (Å²) in [4.78, 5) is 12.9. The zero-order valence-corrected chi connectivity index (χ0v) is 26.9. The van der Waals surface area contributed by atoms with Gasteiger partial charge in [-0.05, 0) is 116 Å². The van der Waals surface area contributed by atoms with E-state index in [1.807, 2.05) is 0 Å². The number of aliphatic carboxylic acids is 1. The molecule has 0 unspecified atom stereocenters. The predicted octanol–water partition coefficient (Wildman–Crippen LogP) is 7.55. The van der Waals surface area contributed by atoms with Gasteiger partial charge in [-0.15, -0.1) is 12.4 Å². The van der Waals surface area contributed by atoms with Crippen LogP contribution in [0.15, 0.2) is 17.8 Å². The number of rotatable bonds is 4. The van der Waals surface area contributed by atoms with E-state index >= 15 is 0 Å². The molecule has 1 heterocycles. The molecule has 0 radical (unpaired) electrons. The van der Waals surface area contributed by atoms with Crippen molar-refractivity contribution < 1.29 is 9.90 Å². The number of nitrogens with zero attached hydrogens (tertiary/aromatic N) is 2. The maximum Gasteiger partial charge on any atom is 0.310 e. The van der Waals surface area contributed by atoms with E-state index in [1.54, 1.807) is 0 Å². The summed E-state index contributed by atoms with van der Waals surface area (Å²) in [5.41, 5.74) is 10.2. The summed E-state index contributed by atoms with van der Waals surface area (Å²) in [6, 6.07) is 0. The van der Waals surface area contributed by atoms with Gasteiger partial charge in [0.2, 0.25) is 0 Å². The largest absolute Gasteiger partial charge is 0.481 e. The van der Waals surface area contributed by atoms with Crippen LogP contribution in [0.5, 0.6) is 0 Å². The fourth-order valence-corrected chi connectivity index (χ4v) is 11.5. The SMILES string of the molecule is CC1(C)CC[C@]2(C(=O)O)CC[C@]3(C)C(=CC[C@@H]4[C@@]5(C)Cc6cn(CCCN)nc6C(C)(C)[C@@H]5CC[C@]43C)[C@@H]2C1.Cl. The van der Waals surface area contributed by atoms with Gasteiger partial charge in [-0.25, -0.2) is 0 Å².